The Bertz CT molecular complexity index is 3810. The Morgan fingerprint density at radius 1 is 0.337 bits per heavy atom. The minimum Gasteiger partial charge on any atom is -0.0654 e. The van der Waals surface area contributed by atoms with Crippen LogP contribution in [0.3, 0.4) is 0 Å². The van der Waals surface area contributed by atoms with Crippen LogP contribution in [0.15, 0.2) is 115 Å². The standard InChI is InChI=1S/C86H111OPS5Se2/c1-5-9-13-17-21-25-27-31-35-45-54-68-79-85(92-81(68)64-48-39-37-40-49-64)86-80(88(79,87)65-50-41-38-42-51-65)69(55-46-36-32-28-26-22-18-14-10-6-2)82(93-86)74-63-71-78(76-60-58-67(95-76)53-44-34-30-24-20-16-12-8-4)83-70(62-73(90-83)72-56-47-61-89-72)77(84(71)91-74)75-59-57-66(94-75)52-43-33-29-23-19-15-11-7-3/h37-42,47-51,56-63H,5-36,43-46,52-55H2,1-4H3. The second-order valence-corrected chi connectivity index (χ2v) is 40.4. The summed E-state index contributed by atoms with van der Waals surface area (Å²) in [6.45, 7) is 9.30. The van der Waals surface area contributed by atoms with E-state index in [2.05, 4.69) is 165 Å². The monoisotopic (exact) mass is 1510 g/mol. The molecule has 0 spiro atoms. The van der Waals surface area contributed by atoms with Gasteiger partial charge in [-0.25, -0.2) is 0 Å². The molecule has 0 bridgehead atoms. The van der Waals surface area contributed by atoms with Gasteiger partial charge in [0.05, 0.1) is 0 Å². The number of unbranched alkanes of at least 4 members (excludes halogenated alkanes) is 32. The van der Waals surface area contributed by atoms with Gasteiger partial charge < -0.3 is 0 Å². The van der Waals surface area contributed by atoms with E-state index in [1.54, 1.807) is 17.7 Å². The first-order valence-corrected chi connectivity index (χ1v) is 47.5. The van der Waals surface area contributed by atoms with Crippen molar-refractivity contribution in [3.8, 4) is 59.7 Å². The zero-order chi connectivity index (χ0) is 65.4. The molecular weight excluding hydrogens is 1400 g/mol. The van der Waals surface area contributed by atoms with E-state index in [-0.39, 0.29) is 29.0 Å². The molecule has 0 saturated heterocycles. The van der Waals surface area contributed by atoms with Crippen LogP contribution >= 0.6 is 63.8 Å². The van der Waals surface area contributed by atoms with Crippen molar-refractivity contribution in [2.24, 2.45) is 0 Å². The molecule has 1 atom stereocenters. The van der Waals surface area contributed by atoms with Crippen LogP contribution in [0.5, 0.6) is 0 Å². The predicted molar refractivity (Wildman–Crippen MR) is 434 cm³/mol. The zero-order valence-electron chi connectivity index (χ0n) is 58.5. The summed E-state index contributed by atoms with van der Waals surface area (Å²) in [7, 11) is -3.33. The number of hydrogen-bond donors (Lipinski definition) is 0. The van der Waals surface area contributed by atoms with Crippen LogP contribution in [-0.4, -0.2) is 29.0 Å². The molecule has 95 heavy (non-hydrogen) atoms. The topological polar surface area (TPSA) is 17.1 Å². The van der Waals surface area contributed by atoms with E-state index in [0.29, 0.717) is 0 Å². The molecule has 7 aromatic heterocycles. The Hall–Kier alpha value is -3.09. The van der Waals surface area contributed by atoms with Gasteiger partial charge in [-0.1, -0.05) is 147 Å². The zero-order valence-corrected chi connectivity index (χ0v) is 66.9. The molecule has 3 aromatic carbocycles. The maximum absolute atomic E-state index is 17.8. The van der Waals surface area contributed by atoms with Gasteiger partial charge in [-0.05, 0) is 6.42 Å². The van der Waals surface area contributed by atoms with E-state index in [0.717, 1.165) is 31.0 Å². The Labute approximate surface area is 606 Å². The third-order valence-electron chi connectivity index (χ3n) is 20.3. The number of rotatable bonds is 46. The van der Waals surface area contributed by atoms with Crippen LogP contribution in [-0.2, 0) is 30.2 Å². The molecule has 9 heteroatoms. The molecule has 1 nitrogen and oxygen atoms in total. The Kier molecular flexibility index (Phi) is 29.7. The first-order chi connectivity index (χ1) is 46.9. The van der Waals surface area contributed by atoms with Crippen LogP contribution in [0, 0.1) is 0 Å². The smallest absolute Gasteiger partial charge is 0.0654 e. The molecule has 0 N–H and O–H groups in total. The fourth-order valence-corrected chi connectivity index (χ4v) is 30.8. The molecule has 10 aromatic rings. The maximum atomic E-state index is 17.8. The number of benzene rings is 3. The average Bonchev–Trinajstić information content (AvgIpc) is 1.52. The third kappa shape index (κ3) is 18.7. The van der Waals surface area contributed by atoms with E-state index in [9.17, 15) is 0 Å². The second-order valence-electron chi connectivity index (χ2n) is 27.8. The SMILES string of the molecule is CCCCCCCCCCCCc1c(-c2ccccc2)sc2c1P(=O)(c1ccccc1)c1c-2sc(-c2cc3c(-c4ccc(CCCCCCCCCC)[se]4)c4sc(-c5cccs5)cc4c(-c4ccc(CCCCCCCCCC)[se]4)c3s2)c1CCCCCCCCCCCC. The van der Waals surface area contributed by atoms with E-state index < -0.39 is 7.14 Å². The first-order valence-electron chi connectivity index (χ1n) is 38.2. The van der Waals surface area contributed by atoms with Gasteiger partial charge in [0.15, 0.2) is 0 Å². The normalized spacial score (nSPS) is 13.8. The molecule has 0 amide bonds. The molecule has 1 unspecified atom stereocenters. The van der Waals surface area contributed by atoms with Gasteiger partial charge in [-0.2, -0.15) is 0 Å². The summed E-state index contributed by atoms with van der Waals surface area (Å²) in [5.74, 6) is 0. The third-order valence-corrected chi connectivity index (χ3v) is 35.0. The van der Waals surface area contributed by atoms with Crippen LogP contribution in [0.1, 0.15) is 279 Å². The van der Waals surface area contributed by atoms with Crippen LogP contribution in [0.4, 0.5) is 0 Å². The first kappa shape index (κ1) is 73.1. The van der Waals surface area contributed by atoms with Gasteiger partial charge in [-0.3, -0.25) is 0 Å². The summed E-state index contributed by atoms with van der Waals surface area (Å²) in [5.41, 5.74) is 7.07. The molecule has 11 rings (SSSR count). The van der Waals surface area contributed by atoms with E-state index >= 15 is 4.57 Å². The fourth-order valence-electron chi connectivity index (χ4n) is 15.0. The predicted octanol–water partition coefficient (Wildman–Crippen LogP) is 28.7. The Balaban J connectivity index is 1.04. The number of hydrogen-bond acceptors (Lipinski definition) is 6. The van der Waals surface area contributed by atoms with E-state index in [4.69, 9.17) is 0 Å². The quantitative estimate of drug-likeness (QED) is 0.0211. The minimum absolute atomic E-state index is 0.268. The molecule has 0 saturated carbocycles. The molecule has 1 aliphatic rings. The fraction of sp³-hybridized carbons (Fsp3) is 0.512. The van der Waals surface area contributed by atoms with Crippen molar-refractivity contribution in [3.05, 3.63) is 135 Å². The van der Waals surface area contributed by atoms with Crippen molar-refractivity contribution >= 4 is 129 Å². The molecule has 1 aliphatic heterocycles. The van der Waals surface area contributed by atoms with Crippen LogP contribution in [0.2, 0.25) is 0 Å². The summed E-state index contributed by atoms with van der Waals surface area (Å²) in [4.78, 5) is 9.55. The van der Waals surface area contributed by atoms with Crippen molar-refractivity contribution in [1.29, 1.82) is 0 Å². The van der Waals surface area contributed by atoms with Gasteiger partial charge in [0.2, 0.25) is 0 Å². The van der Waals surface area contributed by atoms with Gasteiger partial charge in [0.25, 0.3) is 0 Å². The molecule has 508 valence electrons. The Morgan fingerprint density at radius 2 is 0.716 bits per heavy atom. The van der Waals surface area contributed by atoms with E-state index in [1.807, 2.05) is 34.0 Å². The van der Waals surface area contributed by atoms with Crippen molar-refractivity contribution < 1.29 is 4.57 Å². The number of thiophene rings is 5. The number of aryl methyl sites for hydroxylation is 2. The molecule has 0 fully saturated rings. The van der Waals surface area contributed by atoms with E-state index in [1.165, 1.54) is 324 Å². The summed E-state index contributed by atoms with van der Waals surface area (Å²) in [6.07, 6.45) is 52.4. The van der Waals surface area contributed by atoms with Crippen LogP contribution < -0.4 is 15.9 Å². The molecule has 0 aliphatic carbocycles. The number of fused-ring (bicyclic) bond motifs is 5. The summed E-state index contributed by atoms with van der Waals surface area (Å²) in [6, 6.07) is 42.3. The second kappa shape index (κ2) is 38.6. The van der Waals surface area contributed by atoms with Crippen LogP contribution in [0.25, 0.3) is 79.9 Å². The molecular formula is C86H111OPS5Se2. The summed E-state index contributed by atoms with van der Waals surface area (Å²) >= 11 is 10.6. The Morgan fingerprint density at radius 3 is 1.15 bits per heavy atom. The van der Waals surface area contributed by atoms with Gasteiger partial charge in [0.1, 0.15) is 0 Å². The minimum atomic E-state index is -3.33. The summed E-state index contributed by atoms with van der Waals surface area (Å²) in [5, 5.41) is 8.62. The summed E-state index contributed by atoms with van der Waals surface area (Å²) < 4.78 is 27.3. The van der Waals surface area contributed by atoms with Gasteiger partial charge in [-0.15, -0.1) is 0 Å². The van der Waals surface area contributed by atoms with Crippen molar-refractivity contribution in [2.75, 3.05) is 0 Å². The van der Waals surface area contributed by atoms with Gasteiger partial charge in [0, 0.05) is 0 Å². The van der Waals surface area contributed by atoms with Crippen molar-refractivity contribution in [2.45, 2.75) is 285 Å². The molecule has 0 radical (unpaired) electrons. The van der Waals surface area contributed by atoms with Crippen molar-refractivity contribution in [1.82, 2.24) is 0 Å². The van der Waals surface area contributed by atoms with Crippen molar-refractivity contribution in [3.63, 3.8) is 0 Å². The average molecular weight is 1510 g/mol. The molecule has 8 heterocycles. The van der Waals surface area contributed by atoms with Gasteiger partial charge >= 0.3 is 459 Å².